The number of hydrogen-bond donors (Lipinski definition) is 2. The topological polar surface area (TPSA) is 79.8 Å². The molecule has 2 heterocycles. The van der Waals surface area contributed by atoms with Gasteiger partial charge in [0.25, 0.3) is 5.91 Å². The summed E-state index contributed by atoms with van der Waals surface area (Å²) in [6, 6.07) is 8.77. The molecule has 1 aromatic carbocycles. The first-order chi connectivity index (χ1) is 10.6. The van der Waals surface area contributed by atoms with Crippen LogP contribution in [-0.2, 0) is 7.05 Å². The van der Waals surface area contributed by atoms with Crippen LogP contribution in [0.15, 0.2) is 47.5 Å². The predicted octanol–water partition coefficient (Wildman–Crippen LogP) is 1.75. The fourth-order valence-electron chi connectivity index (χ4n) is 2.39. The number of aromatic amines is 1. The molecule has 6 nitrogen and oxygen atoms in total. The van der Waals surface area contributed by atoms with Crippen LogP contribution in [0.25, 0.3) is 11.0 Å². The van der Waals surface area contributed by atoms with Crippen LogP contribution in [-0.4, -0.2) is 20.4 Å². The number of benzene rings is 1. The van der Waals surface area contributed by atoms with Crippen molar-refractivity contribution >= 4 is 16.9 Å². The zero-order chi connectivity index (χ0) is 15.7. The fraction of sp³-hybridized carbons (Fsp3) is 0.188. The van der Waals surface area contributed by atoms with Gasteiger partial charge in [-0.05, 0) is 42.8 Å². The average Bonchev–Trinajstić information content (AvgIpc) is 2.82. The predicted molar refractivity (Wildman–Crippen MR) is 83.7 cm³/mol. The molecule has 0 aliphatic rings. The van der Waals surface area contributed by atoms with E-state index in [9.17, 15) is 9.59 Å². The summed E-state index contributed by atoms with van der Waals surface area (Å²) >= 11 is 0. The van der Waals surface area contributed by atoms with Crippen molar-refractivity contribution in [3.8, 4) is 0 Å². The Bertz CT molecular complexity index is 880. The lowest BCUT2D eigenvalue weighted by Crippen LogP contribution is -2.26. The number of nitrogens with zero attached hydrogens (tertiary/aromatic N) is 2. The van der Waals surface area contributed by atoms with Crippen LogP contribution in [0.4, 0.5) is 0 Å². The van der Waals surface area contributed by atoms with Gasteiger partial charge in [0.2, 0.25) is 0 Å². The molecule has 3 rings (SSSR count). The molecule has 0 bridgehead atoms. The number of amides is 1. The molecule has 0 aliphatic heterocycles. The van der Waals surface area contributed by atoms with Gasteiger partial charge in [0.15, 0.2) is 0 Å². The van der Waals surface area contributed by atoms with Crippen LogP contribution >= 0.6 is 0 Å². The number of H-pyrrole nitrogens is 1. The number of hydrogen-bond acceptors (Lipinski definition) is 3. The van der Waals surface area contributed by atoms with Gasteiger partial charge >= 0.3 is 5.69 Å². The Morgan fingerprint density at radius 2 is 2.00 bits per heavy atom. The minimum absolute atomic E-state index is 0.124. The van der Waals surface area contributed by atoms with Crippen molar-refractivity contribution in [3.63, 3.8) is 0 Å². The largest absolute Gasteiger partial charge is 0.346 e. The second-order valence-corrected chi connectivity index (χ2v) is 5.20. The van der Waals surface area contributed by atoms with Gasteiger partial charge in [-0.3, -0.25) is 14.3 Å². The molecule has 0 fully saturated rings. The van der Waals surface area contributed by atoms with Crippen molar-refractivity contribution in [2.75, 3.05) is 0 Å². The van der Waals surface area contributed by atoms with Gasteiger partial charge in [-0.25, -0.2) is 4.79 Å². The SMILES string of the molecule is CC(NC(=O)c1ccc2c(c1)[nH]c(=O)n2C)c1ccncc1. The van der Waals surface area contributed by atoms with Gasteiger partial charge in [0, 0.05) is 25.0 Å². The van der Waals surface area contributed by atoms with Gasteiger partial charge in [0.05, 0.1) is 17.1 Å². The summed E-state index contributed by atoms with van der Waals surface area (Å²) in [7, 11) is 1.69. The summed E-state index contributed by atoms with van der Waals surface area (Å²) in [5, 5.41) is 2.93. The van der Waals surface area contributed by atoms with Gasteiger partial charge in [-0.1, -0.05) is 0 Å². The van der Waals surface area contributed by atoms with Crippen molar-refractivity contribution in [1.29, 1.82) is 0 Å². The highest BCUT2D eigenvalue weighted by atomic mass is 16.2. The van der Waals surface area contributed by atoms with Gasteiger partial charge < -0.3 is 10.3 Å². The number of carbonyl (C=O) groups is 1. The fourth-order valence-corrected chi connectivity index (χ4v) is 2.39. The zero-order valence-corrected chi connectivity index (χ0v) is 12.3. The van der Waals surface area contributed by atoms with E-state index in [0.717, 1.165) is 11.1 Å². The number of fused-ring (bicyclic) bond motifs is 1. The lowest BCUT2D eigenvalue weighted by Gasteiger charge is -2.14. The molecule has 0 spiro atoms. The van der Waals surface area contributed by atoms with Gasteiger partial charge in [0.1, 0.15) is 0 Å². The molecule has 1 atom stereocenters. The van der Waals surface area contributed by atoms with Crippen molar-refractivity contribution in [2.45, 2.75) is 13.0 Å². The number of pyridine rings is 1. The minimum Gasteiger partial charge on any atom is -0.346 e. The Balaban J connectivity index is 1.85. The standard InChI is InChI=1S/C16H16N4O2/c1-10(11-5-7-17-8-6-11)18-15(21)12-3-4-14-13(9-12)19-16(22)20(14)2/h3-10H,1-2H3,(H,18,21)(H,19,22). The minimum atomic E-state index is -0.197. The van der Waals surface area contributed by atoms with Gasteiger partial charge in [-0.2, -0.15) is 0 Å². The third kappa shape index (κ3) is 2.50. The van der Waals surface area contributed by atoms with Crippen LogP contribution in [0, 0.1) is 0 Å². The first-order valence-electron chi connectivity index (χ1n) is 6.96. The van der Waals surface area contributed by atoms with E-state index < -0.39 is 0 Å². The Morgan fingerprint density at radius 1 is 1.27 bits per heavy atom. The Kier molecular flexibility index (Phi) is 3.50. The monoisotopic (exact) mass is 296 g/mol. The summed E-state index contributed by atoms with van der Waals surface area (Å²) in [6.45, 7) is 1.91. The second-order valence-electron chi connectivity index (χ2n) is 5.20. The van der Waals surface area contributed by atoms with Crippen molar-refractivity contribution in [3.05, 3.63) is 64.3 Å². The van der Waals surface area contributed by atoms with E-state index in [1.807, 2.05) is 19.1 Å². The molecule has 112 valence electrons. The highest BCUT2D eigenvalue weighted by Crippen LogP contribution is 2.15. The van der Waals surface area contributed by atoms with E-state index in [-0.39, 0.29) is 17.6 Å². The summed E-state index contributed by atoms with van der Waals surface area (Å²) in [6.07, 6.45) is 3.39. The summed E-state index contributed by atoms with van der Waals surface area (Å²) < 4.78 is 1.51. The molecule has 2 aromatic heterocycles. The molecule has 1 amide bonds. The summed E-state index contributed by atoms with van der Waals surface area (Å²) in [4.78, 5) is 30.6. The Morgan fingerprint density at radius 3 is 2.73 bits per heavy atom. The van der Waals surface area contributed by atoms with E-state index in [0.29, 0.717) is 11.1 Å². The van der Waals surface area contributed by atoms with E-state index in [1.165, 1.54) is 4.57 Å². The molecule has 22 heavy (non-hydrogen) atoms. The summed E-state index contributed by atoms with van der Waals surface area (Å²) in [5.74, 6) is -0.184. The maximum Gasteiger partial charge on any atom is 0.326 e. The maximum atomic E-state index is 12.3. The van der Waals surface area contributed by atoms with Crippen molar-refractivity contribution in [2.24, 2.45) is 7.05 Å². The lowest BCUT2D eigenvalue weighted by molar-refractivity contribution is 0.0940. The Labute approximate surface area is 126 Å². The molecule has 2 N–H and O–H groups in total. The molecular weight excluding hydrogens is 280 g/mol. The van der Waals surface area contributed by atoms with E-state index in [1.54, 1.807) is 37.6 Å². The molecule has 6 heteroatoms. The average molecular weight is 296 g/mol. The van der Waals surface area contributed by atoms with E-state index in [2.05, 4.69) is 15.3 Å². The van der Waals surface area contributed by atoms with Crippen LogP contribution in [0.1, 0.15) is 28.9 Å². The van der Waals surface area contributed by atoms with Crippen LogP contribution in [0.2, 0.25) is 0 Å². The number of aryl methyl sites for hydroxylation is 1. The number of aromatic nitrogens is 3. The highest BCUT2D eigenvalue weighted by Gasteiger charge is 2.13. The molecule has 0 aliphatic carbocycles. The number of imidazole rings is 1. The molecule has 3 aromatic rings. The van der Waals surface area contributed by atoms with E-state index in [4.69, 9.17) is 0 Å². The molecule has 0 radical (unpaired) electrons. The smallest absolute Gasteiger partial charge is 0.326 e. The Hall–Kier alpha value is -2.89. The molecule has 0 saturated carbocycles. The third-order valence-corrected chi connectivity index (χ3v) is 3.72. The number of carbonyl (C=O) groups excluding carboxylic acids is 1. The van der Waals surface area contributed by atoms with Crippen LogP contribution < -0.4 is 11.0 Å². The third-order valence-electron chi connectivity index (χ3n) is 3.72. The first kappa shape index (κ1) is 14.1. The van der Waals surface area contributed by atoms with E-state index >= 15 is 0 Å². The lowest BCUT2D eigenvalue weighted by atomic mass is 10.1. The van der Waals surface area contributed by atoms with Crippen LogP contribution in [0.3, 0.4) is 0 Å². The number of rotatable bonds is 3. The first-order valence-corrected chi connectivity index (χ1v) is 6.96. The molecule has 0 saturated heterocycles. The van der Waals surface area contributed by atoms with Crippen molar-refractivity contribution in [1.82, 2.24) is 19.9 Å². The number of nitrogens with one attached hydrogen (secondary N) is 2. The van der Waals surface area contributed by atoms with Gasteiger partial charge in [-0.15, -0.1) is 0 Å². The van der Waals surface area contributed by atoms with Crippen LogP contribution in [0.5, 0.6) is 0 Å². The molecular formula is C16H16N4O2. The highest BCUT2D eigenvalue weighted by molar-refractivity contribution is 5.97. The normalized spacial score (nSPS) is 12.3. The second kappa shape index (κ2) is 5.48. The van der Waals surface area contributed by atoms with Crippen molar-refractivity contribution < 1.29 is 4.79 Å². The summed E-state index contributed by atoms with van der Waals surface area (Å²) in [5.41, 5.74) is 2.71. The maximum absolute atomic E-state index is 12.3. The quantitative estimate of drug-likeness (QED) is 0.773. The molecule has 1 unspecified atom stereocenters. The zero-order valence-electron chi connectivity index (χ0n) is 12.3.